The fourth-order valence-electron chi connectivity index (χ4n) is 2.63. The van der Waals surface area contributed by atoms with Gasteiger partial charge in [-0.15, -0.1) is 0 Å². The number of hydrogen-bond donors (Lipinski definition) is 1. The Labute approximate surface area is 137 Å². The Hall–Kier alpha value is -1.92. The summed E-state index contributed by atoms with van der Waals surface area (Å²) in [7, 11) is -3.47. The zero-order chi connectivity index (χ0) is 16.3. The van der Waals surface area contributed by atoms with Crippen LogP contribution in [0.2, 0.25) is 0 Å². The highest BCUT2D eigenvalue weighted by Gasteiger charge is 2.13. The van der Waals surface area contributed by atoms with Gasteiger partial charge in [0, 0.05) is 24.6 Å². The Balaban J connectivity index is 1.62. The molecule has 0 saturated heterocycles. The molecular formula is C17H21N3O2S. The molecule has 2 aromatic rings. The maximum absolute atomic E-state index is 12.1. The van der Waals surface area contributed by atoms with Crippen LogP contribution >= 0.6 is 0 Å². The lowest BCUT2D eigenvalue weighted by Crippen LogP contribution is -2.20. The van der Waals surface area contributed by atoms with E-state index in [0.29, 0.717) is 0 Å². The molecule has 0 amide bonds. The second-order valence-corrected chi connectivity index (χ2v) is 7.53. The standard InChI is InChI=1S/C17H21N3O2S/c1-14-5-7-15(8-6-14)9-11-23(21,22)18-12-16-13-20-10-3-2-4-17(20)19-16/h5-9,11,13,18H,2-4,10,12H2,1H3/b11-9+. The van der Waals surface area contributed by atoms with Gasteiger partial charge in [0.05, 0.1) is 12.2 Å². The van der Waals surface area contributed by atoms with Crippen molar-refractivity contribution >= 4 is 16.1 Å². The summed E-state index contributed by atoms with van der Waals surface area (Å²) in [4.78, 5) is 4.49. The molecule has 1 aliphatic rings. The molecule has 122 valence electrons. The monoisotopic (exact) mass is 331 g/mol. The summed E-state index contributed by atoms with van der Waals surface area (Å²) < 4.78 is 28.8. The Morgan fingerprint density at radius 2 is 2.04 bits per heavy atom. The molecule has 0 radical (unpaired) electrons. The number of rotatable bonds is 5. The predicted octanol–water partition coefficient (Wildman–Crippen LogP) is 2.62. The van der Waals surface area contributed by atoms with Crippen molar-refractivity contribution in [3.05, 3.63) is 58.5 Å². The molecule has 0 spiro atoms. The third kappa shape index (κ3) is 4.30. The van der Waals surface area contributed by atoms with Crippen LogP contribution < -0.4 is 4.72 Å². The van der Waals surface area contributed by atoms with Crippen molar-refractivity contribution in [2.45, 2.75) is 39.3 Å². The van der Waals surface area contributed by atoms with Gasteiger partial charge in [-0.2, -0.15) is 0 Å². The van der Waals surface area contributed by atoms with Crippen LogP contribution in [-0.4, -0.2) is 18.0 Å². The molecule has 0 fully saturated rings. The SMILES string of the molecule is Cc1ccc(/C=C/S(=O)(=O)NCc2cn3c(n2)CCCC3)cc1. The number of sulfonamides is 1. The van der Waals surface area contributed by atoms with Crippen LogP contribution in [0.3, 0.4) is 0 Å². The molecule has 0 aliphatic carbocycles. The molecule has 6 heteroatoms. The number of aromatic nitrogens is 2. The third-order valence-corrected chi connectivity index (χ3v) is 4.97. The highest BCUT2D eigenvalue weighted by molar-refractivity contribution is 7.92. The molecule has 0 bridgehead atoms. The van der Waals surface area contributed by atoms with Gasteiger partial charge < -0.3 is 4.57 Å². The topological polar surface area (TPSA) is 64.0 Å². The highest BCUT2D eigenvalue weighted by atomic mass is 32.2. The van der Waals surface area contributed by atoms with Crippen molar-refractivity contribution in [2.75, 3.05) is 0 Å². The summed E-state index contributed by atoms with van der Waals surface area (Å²) in [6, 6.07) is 7.69. The number of fused-ring (bicyclic) bond motifs is 1. The second-order valence-electron chi connectivity index (χ2n) is 5.88. The molecular weight excluding hydrogens is 310 g/mol. The quantitative estimate of drug-likeness (QED) is 0.916. The molecule has 0 atom stereocenters. The zero-order valence-corrected chi connectivity index (χ0v) is 14.0. The van der Waals surface area contributed by atoms with E-state index in [1.54, 1.807) is 6.08 Å². The lowest BCUT2D eigenvalue weighted by molar-refractivity contribution is 0.522. The largest absolute Gasteiger partial charge is 0.335 e. The Kier molecular flexibility index (Phi) is 4.63. The van der Waals surface area contributed by atoms with E-state index < -0.39 is 10.0 Å². The lowest BCUT2D eigenvalue weighted by atomic mass is 10.2. The van der Waals surface area contributed by atoms with Gasteiger partial charge in [0.25, 0.3) is 0 Å². The number of hydrogen-bond acceptors (Lipinski definition) is 3. The van der Waals surface area contributed by atoms with E-state index in [2.05, 4.69) is 14.3 Å². The average molecular weight is 331 g/mol. The van der Waals surface area contributed by atoms with E-state index in [1.807, 2.05) is 37.4 Å². The highest BCUT2D eigenvalue weighted by Crippen LogP contribution is 2.14. The average Bonchev–Trinajstić information content (AvgIpc) is 2.96. The van der Waals surface area contributed by atoms with Crippen molar-refractivity contribution < 1.29 is 8.42 Å². The summed E-state index contributed by atoms with van der Waals surface area (Å²) in [5.74, 6) is 1.06. The van der Waals surface area contributed by atoms with Crippen LogP contribution in [-0.2, 0) is 29.5 Å². The van der Waals surface area contributed by atoms with Crippen LogP contribution in [0.15, 0.2) is 35.9 Å². The summed E-state index contributed by atoms with van der Waals surface area (Å²) in [5.41, 5.74) is 2.78. The number of nitrogens with zero attached hydrogens (tertiary/aromatic N) is 2. The summed E-state index contributed by atoms with van der Waals surface area (Å²) in [6.45, 7) is 3.19. The van der Waals surface area contributed by atoms with Crippen molar-refractivity contribution in [3.8, 4) is 0 Å². The summed E-state index contributed by atoms with van der Waals surface area (Å²) in [5, 5.41) is 1.20. The van der Waals surface area contributed by atoms with E-state index >= 15 is 0 Å². The normalized spacial score (nSPS) is 15.0. The minimum atomic E-state index is -3.47. The summed E-state index contributed by atoms with van der Waals surface area (Å²) >= 11 is 0. The van der Waals surface area contributed by atoms with E-state index in [1.165, 1.54) is 5.41 Å². The lowest BCUT2D eigenvalue weighted by Gasteiger charge is -2.11. The number of benzene rings is 1. The third-order valence-electron chi connectivity index (χ3n) is 3.93. The first kappa shape index (κ1) is 16.0. The first-order chi connectivity index (χ1) is 11.0. The Bertz CT molecular complexity index is 781. The van der Waals surface area contributed by atoms with E-state index in [0.717, 1.165) is 48.5 Å². The van der Waals surface area contributed by atoms with Gasteiger partial charge in [-0.25, -0.2) is 18.1 Å². The molecule has 23 heavy (non-hydrogen) atoms. The van der Waals surface area contributed by atoms with Gasteiger partial charge in [-0.05, 0) is 31.4 Å². The first-order valence-electron chi connectivity index (χ1n) is 7.81. The van der Waals surface area contributed by atoms with Crippen LogP contribution in [0.1, 0.15) is 35.5 Å². The maximum atomic E-state index is 12.1. The van der Waals surface area contributed by atoms with Gasteiger partial charge in [0.2, 0.25) is 10.0 Å². The number of imidazole rings is 1. The van der Waals surface area contributed by atoms with Gasteiger partial charge >= 0.3 is 0 Å². The van der Waals surface area contributed by atoms with Crippen LogP contribution in [0.4, 0.5) is 0 Å². The predicted molar refractivity (Wildman–Crippen MR) is 91.1 cm³/mol. The molecule has 1 aromatic heterocycles. The fourth-order valence-corrected chi connectivity index (χ4v) is 3.41. The molecule has 3 rings (SSSR count). The van der Waals surface area contributed by atoms with Crippen LogP contribution in [0.5, 0.6) is 0 Å². The van der Waals surface area contributed by atoms with Gasteiger partial charge in [-0.1, -0.05) is 29.8 Å². The molecule has 0 saturated carbocycles. The summed E-state index contributed by atoms with van der Waals surface area (Å²) in [6.07, 6.45) is 6.83. The van der Waals surface area contributed by atoms with E-state index in [-0.39, 0.29) is 6.54 Å². The van der Waals surface area contributed by atoms with E-state index in [9.17, 15) is 8.42 Å². The molecule has 0 unspecified atom stereocenters. The second kappa shape index (κ2) is 6.68. The fraction of sp³-hybridized carbons (Fsp3) is 0.353. The van der Waals surface area contributed by atoms with Gasteiger partial charge in [0.1, 0.15) is 5.82 Å². The number of nitrogens with one attached hydrogen (secondary N) is 1. The molecule has 1 aromatic carbocycles. The van der Waals surface area contributed by atoms with Gasteiger partial charge in [-0.3, -0.25) is 0 Å². The van der Waals surface area contributed by atoms with E-state index in [4.69, 9.17) is 0 Å². The molecule has 1 aliphatic heterocycles. The minimum absolute atomic E-state index is 0.223. The molecule has 1 N–H and O–H groups in total. The zero-order valence-electron chi connectivity index (χ0n) is 13.2. The molecule has 5 nitrogen and oxygen atoms in total. The van der Waals surface area contributed by atoms with Crippen molar-refractivity contribution in [2.24, 2.45) is 0 Å². The number of aryl methyl sites for hydroxylation is 3. The van der Waals surface area contributed by atoms with Gasteiger partial charge in [0.15, 0.2) is 0 Å². The Morgan fingerprint density at radius 1 is 1.26 bits per heavy atom. The first-order valence-corrected chi connectivity index (χ1v) is 9.36. The van der Waals surface area contributed by atoms with Crippen molar-refractivity contribution in [1.29, 1.82) is 0 Å². The van der Waals surface area contributed by atoms with Crippen LogP contribution in [0.25, 0.3) is 6.08 Å². The van der Waals surface area contributed by atoms with Crippen molar-refractivity contribution in [3.63, 3.8) is 0 Å². The Morgan fingerprint density at radius 3 is 2.78 bits per heavy atom. The molecule has 2 heterocycles. The van der Waals surface area contributed by atoms with Crippen molar-refractivity contribution in [1.82, 2.24) is 14.3 Å². The maximum Gasteiger partial charge on any atom is 0.234 e. The van der Waals surface area contributed by atoms with Crippen LogP contribution in [0, 0.1) is 6.92 Å². The minimum Gasteiger partial charge on any atom is -0.335 e. The smallest absolute Gasteiger partial charge is 0.234 e.